The van der Waals surface area contributed by atoms with Crippen LogP contribution in [0, 0.1) is 6.92 Å². The molecule has 1 fully saturated rings. The molecule has 0 unspecified atom stereocenters. The van der Waals surface area contributed by atoms with Gasteiger partial charge in [-0.3, -0.25) is 4.68 Å². The smallest absolute Gasteiger partial charge is 0.0954 e. The summed E-state index contributed by atoms with van der Waals surface area (Å²) in [6.45, 7) is 8.81. The summed E-state index contributed by atoms with van der Waals surface area (Å²) in [7, 11) is 0. The summed E-state index contributed by atoms with van der Waals surface area (Å²) in [5.74, 6) is 0. The van der Waals surface area contributed by atoms with Crippen molar-refractivity contribution in [2.75, 3.05) is 19.6 Å². The molecule has 0 saturated carbocycles. The standard InChI is InChI=1S/C23H31N5/c1-3-21(17-26-12-8-5-9-13-26)27-18-24-15-23(27)22-14-25-28(19(22)2)16-20-10-6-4-7-11-20/h4,6-7,10-11,14-15,18,21H,3,5,8-9,12-13,16-17H2,1-2H3/t21-/m0/s1. The van der Waals surface area contributed by atoms with Gasteiger partial charge in [0.1, 0.15) is 0 Å². The minimum atomic E-state index is 0.451. The van der Waals surface area contributed by atoms with Gasteiger partial charge in [-0.15, -0.1) is 0 Å². The predicted molar refractivity (Wildman–Crippen MR) is 113 cm³/mol. The molecule has 1 saturated heterocycles. The van der Waals surface area contributed by atoms with Crippen molar-refractivity contribution >= 4 is 0 Å². The molecule has 0 amide bonds. The minimum absolute atomic E-state index is 0.451. The van der Waals surface area contributed by atoms with Gasteiger partial charge < -0.3 is 9.47 Å². The average Bonchev–Trinajstić information content (AvgIpc) is 3.35. The monoisotopic (exact) mass is 377 g/mol. The molecule has 2 aromatic heterocycles. The zero-order valence-corrected chi connectivity index (χ0v) is 17.1. The van der Waals surface area contributed by atoms with Crippen LogP contribution in [0.4, 0.5) is 0 Å². The second-order valence-corrected chi connectivity index (χ2v) is 7.90. The van der Waals surface area contributed by atoms with E-state index in [9.17, 15) is 0 Å². The number of benzene rings is 1. The van der Waals surface area contributed by atoms with E-state index < -0.39 is 0 Å². The van der Waals surface area contributed by atoms with E-state index in [-0.39, 0.29) is 0 Å². The van der Waals surface area contributed by atoms with Crippen molar-refractivity contribution in [3.05, 3.63) is 60.3 Å². The van der Waals surface area contributed by atoms with Gasteiger partial charge in [0.05, 0.1) is 31.0 Å². The summed E-state index contributed by atoms with van der Waals surface area (Å²) in [6, 6.07) is 11.0. The first-order chi connectivity index (χ1) is 13.8. The topological polar surface area (TPSA) is 38.9 Å². The number of hydrogen-bond acceptors (Lipinski definition) is 3. The van der Waals surface area contributed by atoms with Crippen LogP contribution >= 0.6 is 0 Å². The second-order valence-electron chi connectivity index (χ2n) is 7.90. The van der Waals surface area contributed by atoms with Crippen LogP contribution in [-0.2, 0) is 6.54 Å². The Kier molecular flexibility index (Phi) is 5.91. The van der Waals surface area contributed by atoms with Crippen LogP contribution in [0.25, 0.3) is 11.3 Å². The third-order valence-electron chi connectivity index (χ3n) is 6.00. The van der Waals surface area contributed by atoms with Gasteiger partial charge in [0, 0.05) is 23.8 Å². The maximum absolute atomic E-state index is 4.67. The summed E-state index contributed by atoms with van der Waals surface area (Å²) in [5.41, 5.74) is 4.83. The Morgan fingerprint density at radius 3 is 2.57 bits per heavy atom. The van der Waals surface area contributed by atoms with Crippen molar-refractivity contribution in [2.24, 2.45) is 0 Å². The highest BCUT2D eigenvalue weighted by molar-refractivity contribution is 5.61. The largest absolute Gasteiger partial charge is 0.326 e. The lowest BCUT2D eigenvalue weighted by Gasteiger charge is -2.31. The number of imidazole rings is 1. The van der Waals surface area contributed by atoms with Gasteiger partial charge in [0.15, 0.2) is 0 Å². The highest BCUT2D eigenvalue weighted by Gasteiger charge is 2.21. The minimum Gasteiger partial charge on any atom is -0.326 e. The van der Waals surface area contributed by atoms with E-state index in [0.717, 1.165) is 19.5 Å². The normalized spacial score (nSPS) is 16.4. The summed E-state index contributed by atoms with van der Waals surface area (Å²) < 4.78 is 4.46. The molecule has 0 N–H and O–H groups in total. The van der Waals surface area contributed by atoms with Gasteiger partial charge >= 0.3 is 0 Å². The van der Waals surface area contributed by atoms with Crippen molar-refractivity contribution < 1.29 is 0 Å². The number of hydrogen-bond donors (Lipinski definition) is 0. The highest BCUT2D eigenvalue weighted by Crippen LogP contribution is 2.28. The molecule has 0 spiro atoms. The Morgan fingerprint density at radius 2 is 1.82 bits per heavy atom. The van der Waals surface area contributed by atoms with Crippen LogP contribution in [0.1, 0.15) is 49.9 Å². The highest BCUT2D eigenvalue weighted by atomic mass is 15.3. The Labute approximate surface area is 168 Å². The van der Waals surface area contributed by atoms with Crippen molar-refractivity contribution in [3.63, 3.8) is 0 Å². The van der Waals surface area contributed by atoms with Gasteiger partial charge in [-0.2, -0.15) is 5.10 Å². The number of aromatic nitrogens is 4. The molecule has 0 aliphatic carbocycles. The molecule has 5 heteroatoms. The molecule has 0 bridgehead atoms. The van der Waals surface area contributed by atoms with Crippen LogP contribution in [-0.4, -0.2) is 43.9 Å². The maximum Gasteiger partial charge on any atom is 0.0954 e. The fraction of sp³-hybridized carbons (Fsp3) is 0.478. The van der Waals surface area contributed by atoms with E-state index in [1.807, 2.05) is 18.7 Å². The van der Waals surface area contributed by atoms with Gasteiger partial charge in [-0.25, -0.2) is 4.98 Å². The van der Waals surface area contributed by atoms with E-state index in [1.54, 1.807) is 0 Å². The third-order valence-corrected chi connectivity index (χ3v) is 6.00. The van der Waals surface area contributed by atoms with Crippen molar-refractivity contribution in [1.82, 2.24) is 24.2 Å². The van der Waals surface area contributed by atoms with Crippen molar-refractivity contribution in [2.45, 2.75) is 52.1 Å². The molecule has 3 aromatic rings. The van der Waals surface area contributed by atoms with Gasteiger partial charge in [0.2, 0.25) is 0 Å². The van der Waals surface area contributed by atoms with Gasteiger partial charge in [-0.05, 0) is 44.8 Å². The van der Waals surface area contributed by atoms with E-state index in [2.05, 4.69) is 68.4 Å². The van der Waals surface area contributed by atoms with Gasteiger partial charge in [-0.1, -0.05) is 43.7 Å². The first-order valence-electron chi connectivity index (χ1n) is 10.6. The molecular formula is C23H31N5. The molecule has 0 radical (unpaired) electrons. The lowest BCUT2D eigenvalue weighted by molar-refractivity contribution is 0.194. The van der Waals surface area contributed by atoms with Gasteiger partial charge in [0.25, 0.3) is 0 Å². The summed E-state index contributed by atoms with van der Waals surface area (Å²) in [6.07, 6.45) is 11.1. The number of nitrogens with zero attached hydrogens (tertiary/aromatic N) is 5. The molecular weight excluding hydrogens is 346 g/mol. The molecule has 1 aliphatic heterocycles. The lowest BCUT2D eigenvalue weighted by atomic mass is 10.1. The lowest BCUT2D eigenvalue weighted by Crippen LogP contribution is -2.35. The van der Waals surface area contributed by atoms with Crippen LogP contribution in [0.15, 0.2) is 49.1 Å². The van der Waals surface area contributed by atoms with E-state index in [4.69, 9.17) is 0 Å². The fourth-order valence-electron chi connectivity index (χ4n) is 4.27. The second kappa shape index (κ2) is 8.74. The maximum atomic E-state index is 4.67. The summed E-state index contributed by atoms with van der Waals surface area (Å²) in [5, 5.41) is 4.67. The zero-order chi connectivity index (χ0) is 19.3. The van der Waals surface area contributed by atoms with Crippen molar-refractivity contribution in [3.8, 4) is 11.3 Å². The van der Waals surface area contributed by atoms with E-state index in [1.165, 1.54) is 54.9 Å². The van der Waals surface area contributed by atoms with E-state index >= 15 is 0 Å². The summed E-state index contributed by atoms with van der Waals surface area (Å²) >= 11 is 0. The zero-order valence-electron chi connectivity index (χ0n) is 17.1. The Bertz CT molecular complexity index is 874. The third kappa shape index (κ3) is 4.04. The average molecular weight is 378 g/mol. The first-order valence-corrected chi connectivity index (χ1v) is 10.6. The first kappa shape index (κ1) is 18.9. The molecule has 3 heterocycles. The molecule has 5 nitrogen and oxygen atoms in total. The predicted octanol–water partition coefficient (Wildman–Crippen LogP) is 4.54. The number of likely N-dealkylation sites (tertiary alicyclic amines) is 1. The molecule has 1 aromatic carbocycles. The Hall–Kier alpha value is -2.40. The fourth-order valence-corrected chi connectivity index (χ4v) is 4.27. The van der Waals surface area contributed by atoms with Crippen LogP contribution in [0.3, 0.4) is 0 Å². The summed E-state index contributed by atoms with van der Waals surface area (Å²) in [4.78, 5) is 7.12. The number of rotatable bonds is 7. The quantitative estimate of drug-likeness (QED) is 0.607. The molecule has 1 aliphatic rings. The Balaban J connectivity index is 1.56. The van der Waals surface area contributed by atoms with Crippen LogP contribution in [0.5, 0.6) is 0 Å². The molecule has 1 atom stereocenters. The van der Waals surface area contributed by atoms with Crippen LogP contribution in [0.2, 0.25) is 0 Å². The SMILES string of the molecule is CC[C@@H](CN1CCCCC1)n1cncc1-c1cnn(Cc2ccccc2)c1C. The Morgan fingerprint density at radius 1 is 1.04 bits per heavy atom. The molecule has 148 valence electrons. The van der Waals surface area contributed by atoms with Crippen LogP contribution < -0.4 is 0 Å². The number of piperidine rings is 1. The molecule has 28 heavy (non-hydrogen) atoms. The van der Waals surface area contributed by atoms with E-state index in [0.29, 0.717) is 6.04 Å². The molecule has 4 rings (SSSR count). The van der Waals surface area contributed by atoms with Crippen molar-refractivity contribution in [1.29, 1.82) is 0 Å².